The van der Waals surface area contributed by atoms with E-state index >= 15 is 0 Å². The van der Waals surface area contributed by atoms with Crippen LogP contribution in [0.25, 0.3) is 0 Å². The highest BCUT2D eigenvalue weighted by Crippen LogP contribution is 2.21. The number of hydrogen-bond acceptors (Lipinski definition) is 5. The lowest BCUT2D eigenvalue weighted by atomic mass is 10.1. The number of carbonyl (C=O) groups is 2. The summed E-state index contributed by atoms with van der Waals surface area (Å²) in [6, 6.07) is 1.77. The molecule has 6 heteroatoms. The van der Waals surface area contributed by atoms with Crippen molar-refractivity contribution in [1.29, 1.82) is 0 Å². The number of rotatable bonds is 9. The fourth-order valence-corrected chi connectivity index (χ4v) is 2.55. The molecule has 0 saturated carbocycles. The van der Waals surface area contributed by atoms with Gasteiger partial charge in [-0.25, -0.2) is 4.98 Å². The topological polar surface area (TPSA) is 59.5 Å². The fraction of sp³-hybridized carbons (Fsp3) is 0.562. The standard InChI is InChI=1S/C16H23BrN2O3/c1-12(2)10-19(7-5-4-6-15(21)22-3)16-13(11-20)8-14(17)9-18-16/h8-9,11-12H,4-7,10H2,1-3H3. The van der Waals surface area contributed by atoms with Crippen LogP contribution in [0, 0.1) is 5.92 Å². The number of anilines is 1. The van der Waals surface area contributed by atoms with Gasteiger partial charge in [0.15, 0.2) is 6.29 Å². The Bertz CT molecular complexity index is 506. The molecule has 0 fully saturated rings. The minimum atomic E-state index is -0.189. The van der Waals surface area contributed by atoms with E-state index < -0.39 is 0 Å². The second-order valence-corrected chi connectivity index (χ2v) is 6.47. The number of hydrogen-bond donors (Lipinski definition) is 0. The first-order valence-electron chi connectivity index (χ1n) is 7.40. The lowest BCUT2D eigenvalue weighted by Crippen LogP contribution is -2.30. The Morgan fingerprint density at radius 1 is 1.45 bits per heavy atom. The first-order chi connectivity index (χ1) is 10.5. The Kier molecular flexibility index (Phi) is 8.09. The molecule has 0 aliphatic heterocycles. The van der Waals surface area contributed by atoms with Gasteiger partial charge in [0.2, 0.25) is 0 Å². The molecule has 5 nitrogen and oxygen atoms in total. The van der Waals surface area contributed by atoms with E-state index in [9.17, 15) is 9.59 Å². The van der Waals surface area contributed by atoms with Crippen LogP contribution in [0.15, 0.2) is 16.7 Å². The summed E-state index contributed by atoms with van der Waals surface area (Å²) in [5, 5.41) is 0. The molecule has 0 spiro atoms. The van der Waals surface area contributed by atoms with Crippen molar-refractivity contribution in [1.82, 2.24) is 4.98 Å². The van der Waals surface area contributed by atoms with Crippen LogP contribution in [-0.4, -0.2) is 37.4 Å². The largest absolute Gasteiger partial charge is 0.469 e. The van der Waals surface area contributed by atoms with Crippen LogP contribution in [0.2, 0.25) is 0 Å². The zero-order valence-corrected chi connectivity index (χ0v) is 14.9. The van der Waals surface area contributed by atoms with Crippen molar-refractivity contribution in [2.75, 3.05) is 25.1 Å². The predicted octanol–water partition coefficient (Wildman–Crippen LogP) is 3.46. The third-order valence-corrected chi connectivity index (χ3v) is 3.59. The molecule has 1 rings (SSSR count). The van der Waals surface area contributed by atoms with E-state index in [-0.39, 0.29) is 5.97 Å². The normalized spacial score (nSPS) is 10.6. The van der Waals surface area contributed by atoms with Crippen molar-refractivity contribution < 1.29 is 14.3 Å². The first kappa shape index (κ1) is 18.6. The maximum atomic E-state index is 11.3. The van der Waals surface area contributed by atoms with Crippen LogP contribution in [-0.2, 0) is 9.53 Å². The minimum absolute atomic E-state index is 0.189. The highest BCUT2D eigenvalue weighted by molar-refractivity contribution is 9.10. The lowest BCUT2D eigenvalue weighted by Gasteiger charge is -2.26. The Hall–Kier alpha value is -1.43. The maximum Gasteiger partial charge on any atom is 0.305 e. The van der Waals surface area contributed by atoms with E-state index in [1.807, 2.05) is 0 Å². The number of methoxy groups -OCH3 is 1. The van der Waals surface area contributed by atoms with Crippen molar-refractivity contribution in [2.24, 2.45) is 5.92 Å². The zero-order valence-electron chi connectivity index (χ0n) is 13.3. The van der Waals surface area contributed by atoms with Crippen LogP contribution in [0.4, 0.5) is 5.82 Å². The summed E-state index contributed by atoms with van der Waals surface area (Å²) in [6.07, 6.45) is 4.55. The van der Waals surface area contributed by atoms with Gasteiger partial charge >= 0.3 is 5.97 Å². The summed E-state index contributed by atoms with van der Waals surface area (Å²) in [5.41, 5.74) is 0.572. The molecule has 22 heavy (non-hydrogen) atoms. The van der Waals surface area contributed by atoms with E-state index in [2.05, 4.69) is 44.4 Å². The number of pyridine rings is 1. The van der Waals surface area contributed by atoms with Gasteiger partial charge in [-0.1, -0.05) is 13.8 Å². The summed E-state index contributed by atoms with van der Waals surface area (Å²) in [4.78, 5) is 28.9. The molecule has 0 bridgehead atoms. The van der Waals surface area contributed by atoms with E-state index in [0.717, 1.165) is 36.7 Å². The summed E-state index contributed by atoms with van der Waals surface area (Å²) in [7, 11) is 1.40. The van der Waals surface area contributed by atoms with Crippen molar-refractivity contribution in [3.63, 3.8) is 0 Å². The molecule has 0 unspecified atom stereocenters. The molecule has 0 aliphatic carbocycles. The molecule has 0 atom stereocenters. The van der Waals surface area contributed by atoms with Crippen molar-refractivity contribution in [3.8, 4) is 0 Å². The van der Waals surface area contributed by atoms with Gasteiger partial charge in [0.05, 0.1) is 12.7 Å². The summed E-state index contributed by atoms with van der Waals surface area (Å²) in [6.45, 7) is 5.82. The van der Waals surface area contributed by atoms with Crippen LogP contribution in [0.3, 0.4) is 0 Å². The molecule has 0 saturated heterocycles. The minimum Gasteiger partial charge on any atom is -0.469 e. The lowest BCUT2D eigenvalue weighted by molar-refractivity contribution is -0.140. The Morgan fingerprint density at radius 2 is 2.18 bits per heavy atom. The Morgan fingerprint density at radius 3 is 2.77 bits per heavy atom. The predicted molar refractivity (Wildman–Crippen MR) is 90.2 cm³/mol. The van der Waals surface area contributed by atoms with Gasteiger partial charge in [0.25, 0.3) is 0 Å². The second-order valence-electron chi connectivity index (χ2n) is 5.56. The fourth-order valence-electron chi connectivity index (χ4n) is 2.20. The van der Waals surface area contributed by atoms with Gasteiger partial charge < -0.3 is 9.64 Å². The third-order valence-electron chi connectivity index (χ3n) is 3.16. The number of aldehydes is 1. The van der Waals surface area contributed by atoms with E-state index in [4.69, 9.17) is 0 Å². The number of esters is 1. The van der Waals surface area contributed by atoms with Gasteiger partial charge in [0.1, 0.15) is 5.82 Å². The van der Waals surface area contributed by atoms with Gasteiger partial charge in [0, 0.05) is 30.2 Å². The molecule has 0 radical (unpaired) electrons. The van der Waals surface area contributed by atoms with E-state index in [1.54, 1.807) is 12.3 Å². The van der Waals surface area contributed by atoms with Crippen LogP contribution >= 0.6 is 15.9 Å². The average molecular weight is 371 g/mol. The molecule has 1 aromatic heterocycles. The molecular weight excluding hydrogens is 348 g/mol. The van der Waals surface area contributed by atoms with Crippen LogP contribution in [0.5, 0.6) is 0 Å². The van der Waals surface area contributed by atoms with Gasteiger partial charge in [-0.05, 0) is 40.8 Å². The summed E-state index contributed by atoms with van der Waals surface area (Å²) < 4.78 is 5.43. The second kappa shape index (κ2) is 9.56. The smallest absolute Gasteiger partial charge is 0.305 e. The third kappa shape index (κ3) is 6.13. The molecule has 1 aromatic rings. The molecule has 0 N–H and O–H groups in total. The molecule has 0 amide bonds. The highest BCUT2D eigenvalue weighted by atomic mass is 79.9. The average Bonchev–Trinajstić information content (AvgIpc) is 2.49. The molecule has 1 heterocycles. The zero-order chi connectivity index (χ0) is 16.5. The monoisotopic (exact) mass is 370 g/mol. The quantitative estimate of drug-likeness (QED) is 0.378. The number of aromatic nitrogens is 1. The SMILES string of the molecule is COC(=O)CCCCN(CC(C)C)c1ncc(Br)cc1C=O. The molecule has 0 aliphatic rings. The van der Waals surface area contributed by atoms with E-state index in [0.29, 0.717) is 23.7 Å². The highest BCUT2D eigenvalue weighted by Gasteiger charge is 2.14. The number of halogens is 1. The number of carbonyl (C=O) groups excluding carboxylic acids is 2. The van der Waals surface area contributed by atoms with Crippen LogP contribution < -0.4 is 4.90 Å². The maximum absolute atomic E-state index is 11.3. The van der Waals surface area contributed by atoms with Crippen LogP contribution in [0.1, 0.15) is 43.5 Å². The number of nitrogens with zero attached hydrogens (tertiary/aromatic N) is 2. The number of ether oxygens (including phenoxy) is 1. The Balaban J connectivity index is 2.76. The van der Waals surface area contributed by atoms with Crippen molar-refractivity contribution in [2.45, 2.75) is 33.1 Å². The first-order valence-corrected chi connectivity index (χ1v) is 8.19. The Labute approximate surface area is 140 Å². The number of unbranched alkanes of at least 4 members (excludes halogenated alkanes) is 1. The van der Waals surface area contributed by atoms with E-state index in [1.165, 1.54) is 7.11 Å². The molecule has 0 aromatic carbocycles. The van der Waals surface area contributed by atoms with Gasteiger partial charge in [-0.2, -0.15) is 0 Å². The van der Waals surface area contributed by atoms with Gasteiger partial charge in [-0.3, -0.25) is 9.59 Å². The summed E-state index contributed by atoms with van der Waals surface area (Å²) >= 11 is 3.33. The molecule has 122 valence electrons. The summed E-state index contributed by atoms with van der Waals surface area (Å²) in [5.74, 6) is 0.960. The molecular formula is C16H23BrN2O3. The van der Waals surface area contributed by atoms with Crippen molar-refractivity contribution in [3.05, 3.63) is 22.3 Å². The van der Waals surface area contributed by atoms with Crippen molar-refractivity contribution >= 4 is 34.0 Å². The van der Waals surface area contributed by atoms with Gasteiger partial charge in [-0.15, -0.1) is 0 Å².